The molecular weight excluding hydrogens is 345 g/mol. The molecule has 7 heteroatoms. The molecule has 2 amide bonds. The zero-order valence-electron chi connectivity index (χ0n) is 14.9. The first-order valence-corrected chi connectivity index (χ1v) is 8.93. The SMILES string of the molecule is CC1CNCCN1C(=O)Nc1nnc(-c2ccc(F)cc2)c2ccccc12. The lowest BCUT2D eigenvalue weighted by atomic mass is 10.0. The molecule has 2 aromatic carbocycles. The van der Waals surface area contributed by atoms with Gasteiger partial charge in [-0.1, -0.05) is 24.3 Å². The Morgan fingerprint density at radius 2 is 1.89 bits per heavy atom. The fraction of sp³-hybridized carbons (Fsp3) is 0.250. The van der Waals surface area contributed by atoms with E-state index in [0.29, 0.717) is 18.1 Å². The first kappa shape index (κ1) is 17.4. The lowest BCUT2D eigenvalue weighted by Crippen LogP contribution is -2.53. The maximum Gasteiger partial charge on any atom is 0.323 e. The van der Waals surface area contributed by atoms with Gasteiger partial charge in [-0.3, -0.25) is 5.32 Å². The third-order valence-corrected chi connectivity index (χ3v) is 4.79. The molecule has 6 nitrogen and oxygen atoms in total. The molecule has 1 aliphatic heterocycles. The molecular formula is C20H20FN5O. The van der Waals surface area contributed by atoms with Crippen molar-refractivity contribution in [3.8, 4) is 11.3 Å². The highest BCUT2D eigenvalue weighted by Crippen LogP contribution is 2.29. The van der Waals surface area contributed by atoms with E-state index in [0.717, 1.165) is 29.4 Å². The van der Waals surface area contributed by atoms with Crippen LogP contribution in [0.15, 0.2) is 48.5 Å². The standard InChI is InChI=1S/C20H20FN5O/c1-13-12-22-10-11-26(13)20(27)23-19-17-5-3-2-4-16(17)18(24-25-19)14-6-8-15(21)9-7-14/h2-9,13,22H,10-12H2,1H3,(H,23,25,27). The van der Waals surface area contributed by atoms with Gasteiger partial charge >= 0.3 is 6.03 Å². The van der Waals surface area contributed by atoms with Crippen LogP contribution in [-0.2, 0) is 0 Å². The molecule has 0 bridgehead atoms. The molecule has 1 unspecified atom stereocenters. The smallest absolute Gasteiger partial charge is 0.319 e. The Kier molecular flexibility index (Phi) is 4.68. The minimum atomic E-state index is -0.301. The van der Waals surface area contributed by atoms with Crippen LogP contribution in [-0.4, -0.2) is 46.8 Å². The van der Waals surface area contributed by atoms with E-state index in [1.54, 1.807) is 17.0 Å². The van der Waals surface area contributed by atoms with E-state index >= 15 is 0 Å². The van der Waals surface area contributed by atoms with Crippen LogP contribution in [0.5, 0.6) is 0 Å². The summed E-state index contributed by atoms with van der Waals surface area (Å²) in [7, 11) is 0. The number of benzene rings is 2. The summed E-state index contributed by atoms with van der Waals surface area (Å²) in [5.41, 5.74) is 1.42. The number of aromatic nitrogens is 2. The van der Waals surface area contributed by atoms with Gasteiger partial charge in [-0.2, -0.15) is 0 Å². The Morgan fingerprint density at radius 1 is 1.15 bits per heavy atom. The third-order valence-electron chi connectivity index (χ3n) is 4.79. The minimum absolute atomic E-state index is 0.108. The average Bonchev–Trinajstić information content (AvgIpc) is 2.69. The average molecular weight is 365 g/mol. The van der Waals surface area contributed by atoms with Crippen molar-refractivity contribution in [1.82, 2.24) is 20.4 Å². The van der Waals surface area contributed by atoms with Gasteiger partial charge in [0.15, 0.2) is 5.82 Å². The van der Waals surface area contributed by atoms with Crippen molar-refractivity contribution < 1.29 is 9.18 Å². The Balaban J connectivity index is 1.69. The monoisotopic (exact) mass is 365 g/mol. The molecule has 1 aromatic heterocycles. The van der Waals surface area contributed by atoms with Crippen LogP contribution in [0, 0.1) is 5.82 Å². The number of nitrogens with zero attached hydrogens (tertiary/aromatic N) is 3. The quantitative estimate of drug-likeness (QED) is 0.731. The predicted molar refractivity (Wildman–Crippen MR) is 103 cm³/mol. The van der Waals surface area contributed by atoms with Crippen molar-refractivity contribution in [2.75, 3.05) is 25.0 Å². The second-order valence-corrected chi connectivity index (χ2v) is 6.63. The van der Waals surface area contributed by atoms with E-state index in [4.69, 9.17) is 0 Å². The summed E-state index contributed by atoms with van der Waals surface area (Å²) in [4.78, 5) is 14.5. The number of urea groups is 1. The van der Waals surface area contributed by atoms with E-state index in [9.17, 15) is 9.18 Å². The van der Waals surface area contributed by atoms with Crippen LogP contribution in [0.2, 0.25) is 0 Å². The summed E-state index contributed by atoms with van der Waals surface area (Å²) < 4.78 is 13.2. The highest BCUT2D eigenvalue weighted by atomic mass is 19.1. The summed E-state index contributed by atoms with van der Waals surface area (Å²) >= 11 is 0. The van der Waals surface area contributed by atoms with Crippen LogP contribution >= 0.6 is 0 Å². The van der Waals surface area contributed by atoms with Crippen molar-refractivity contribution in [2.24, 2.45) is 0 Å². The van der Waals surface area contributed by atoms with E-state index in [1.807, 2.05) is 31.2 Å². The van der Waals surface area contributed by atoms with E-state index in [-0.39, 0.29) is 17.9 Å². The second-order valence-electron chi connectivity index (χ2n) is 6.63. The second kappa shape index (κ2) is 7.28. The number of fused-ring (bicyclic) bond motifs is 1. The van der Waals surface area contributed by atoms with Crippen LogP contribution in [0.1, 0.15) is 6.92 Å². The van der Waals surface area contributed by atoms with Gasteiger partial charge in [-0.15, -0.1) is 10.2 Å². The molecule has 4 rings (SSSR count). The van der Waals surface area contributed by atoms with Crippen molar-refractivity contribution in [2.45, 2.75) is 13.0 Å². The topological polar surface area (TPSA) is 70.2 Å². The summed E-state index contributed by atoms with van der Waals surface area (Å²) in [5.74, 6) is 0.122. The van der Waals surface area contributed by atoms with E-state index < -0.39 is 0 Å². The predicted octanol–water partition coefficient (Wildman–Crippen LogP) is 3.26. The zero-order valence-corrected chi connectivity index (χ0v) is 14.9. The Hall–Kier alpha value is -3.06. The molecule has 1 atom stereocenters. The number of amides is 2. The summed E-state index contributed by atoms with van der Waals surface area (Å²) in [6, 6.07) is 13.7. The lowest BCUT2D eigenvalue weighted by molar-refractivity contribution is 0.177. The zero-order chi connectivity index (χ0) is 18.8. The number of piperazine rings is 1. The molecule has 1 aliphatic rings. The van der Waals surface area contributed by atoms with Crippen molar-refractivity contribution >= 4 is 22.6 Å². The molecule has 0 saturated carbocycles. The molecule has 3 aromatic rings. The first-order chi connectivity index (χ1) is 13.1. The van der Waals surface area contributed by atoms with Gasteiger partial charge in [0.2, 0.25) is 0 Å². The van der Waals surface area contributed by atoms with Gasteiger partial charge in [0.1, 0.15) is 11.5 Å². The number of carbonyl (C=O) groups is 1. The Labute approximate surface area is 156 Å². The number of hydrogen-bond acceptors (Lipinski definition) is 4. The summed E-state index contributed by atoms with van der Waals surface area (Å²) in [6.07, 6.45) is 0. The highest BCUT2D eigenvalue weighted by Gasteiger charge is 2.24. The molecule has 138 valence electrons. The van der Waals surface area contributed by atoms with E-state index in [1.165, 1.54) is 12.1 Å². The van der Waals surface area contributed by atoms with Crippen LogP contribution in [0.3, 0.4) is 0 Å². The maximum absolute atomic E-state index is 13.2. The molecule has 27 heavy (non-hydrogen) atoms. The minimum Gasteiger partial charge on any atom is -0.319 e. The molecule has 0 aliphatic carbocycles. The number of hydrogen-bond donors (Lipinski definition) is 2. The fourth-order valence-corrected chi connectivity index (χ4v) is 3.33. The van der Waals surface area contributed by atoms with Crippen LogP contribution in [0.4, 0.5) is 15.0 Å². The van der Waals surface area contributed by atoms with Crippen LogP contribution in [0.25, 0.3) is 22.0 Å². The van der Waals surface area contributed by atoms with Gasteiger partial charge < -0.3 is 10.2 Å². The van der Waals surface area contributed by atoms with E-state index in [2.05, 4.69) is 20.8 Å². The largest absolute Gasteiger partial charge is 0.323 e. The Bertz CT molecular complexity index is 976. The highest BCUT2D eigenvalue weighted by molar-refractivity contribution is 6.04. The third kappa shape index (κ3) is 3.46. The van der Waals surface area contributed by atoms with Gasteiger partial charge in [-0.05, 0) is 31.2 Å². The fourth-order valence-electron chi connectivity index (χ4n) is 3.33. The molecule has 2 heterocycles. The number of rotatable bonds is 2. The molecule has 1 saturated heterocycles. The number of halogens is 1. The Morgan fingerprint density at radius 3 is 2.63 bits per heavy atom. The normalized spacial score (nSPS) is 17.1. The van der Waals surface area contributed by atoms with Crippen molar-refractivity contribution in [3.05, 3.63) is 54.3 Å². The van der Waals surface area contributed by atoms with Gasteiger partial charge in [0, 0.05) is 42.0 Å². The summed E-state index contributed by atoms with van der Waals surface area (Å²) in [6.45, 7) is 4.19. The van der Waals surface area contributed by atoms with Gasteiger partial charge in [-0.25, -0.2) is 9.18 Å². The van der Waals surface area contributed by atoms with Crippen LogP contribution < -0.4 is 10.6 Å². The first-order valence-electron chi connectivity index (χ1n) is 8.93. The number of carbonyl (C=O) groups excluding carboxylic acids is 1. The number of anilines is 1. The lowest BCUT2D eigenvalue weighted by Gasteiger charge is -2.33. The maximum atomic E-state index is 13.2. The van der Waals surface area contributed by atoms with Crippen molar-refractivity contribution in [1.29, 1.82) is 0 Å². The van der Waals surface area contributed by atoms with Gasteiger partial charge in [0.25, 0.3) is 0 Å². The van der Waals surface area contributed by atoms with Crippen molar-refractivity contribution in [3.63, 3.8) is 0 Å². The molecule has 0 spiro atoms. The number of nitrogens with one attached hydrogen (secondary N) is 2. The molecule has 0 radical (unpaired) electrons. The summed E-state index contributed by atoms with van der Waals surface area (Å²) in [5, 5.41) is 16.4. The molecule has 2 N–H and O–H groups in total. The van der Waals surface area contributed by atoms with Gasteiger partial charge in [0.05, 0.1) is 0 Å². The molecule has 1 fully saturated rings.